The Labute approximate surface area is 119 Å². The first-order chi connectivity index (χ1) is 9.52. The van der Waals surface area contributed by atoms with Crippen LogP contribution in [-0.4, -0.2) is 36.0 Å². The van der Waals surface area contributed by atoms with Gasteiger partial charge in [0.2, 0.25) is 5.67 Å². The highest BCUT2D eigenvalue weighted by atomic mass is 19.1. The first-order valence-electron chi connectivity index (χ1n) is 7.31. The Morgan fingerprint density at radius 1 is 1.35 bits per heavy atom. The second-order valence-electron chi connectivity index (χ2n) is 6.23. The number of carbonyl (C=O) groups is 1. The van der Waals surface area contributed by atoms with Gasteiger partial charge in [-0.15, -0.1) is 0 Å². The maximum atomic E-state index is 14.8. The van der Waals surface area contributed by atoms with Crippen molar-refractivity contribution in [2.75, 3.05) is 19.6 Å². The third-order valence-corrected chi connectivity index (χ3v) is 4.45. The van der Waals surface area contributed by atoms with Crippen LogP contribution in [0.5, 0.6) is 0 Å². The topological polar surface area (TPSA) is 32.3 Å². The Morgan fingerprint density at radius 2 is 2.00 bits per heavy atom. The van der Waals surface area contributed by atoms with Gasteiger partial charge in [0.1, 0.15) is 0 Å². The molecule has 1 aliphatic carbocycles. The molecule has 0 aromatic heterocycles. The van der Waals surface area contributed by atoms with E-state index in [9.17, 15) is 9.18 Å². The number of likely N-dealkylation sites (tertiary alicyclic amines) is 1. The van der Waals surface area contributed by atoms with Crippen LogP contribution in [0.25, 0.3) is 0 Å². The molecule has 1 aliphatic heterocycles. The maximum Gasteiger partial charge on any atom is 0.262 e. The third-order valence-electron chi connectivity index (χ3n) is 4.45. The van der Waals surface area contributed by atoms with Gasteiger partial charge in [-0.25, -0.2) is 4.39 Å². The van der Waals surface area contributed by atoms with Crippen molar-refractivity contribution in [3.05, 3.63) is 35.9 Å². The molecule has 1 aromatic rings. The quantitative estimate of drug-likeness (QED) is 0.894. The summed E-state index contributed by atoms with van der Waals surface area (Å²) in [5, 5.41) is 2.95. The lowest BCUT2D eigenvalue weighted by Crippen LogP contribution is -2.53. The van der Waals surface area contributed by atoms with Gasteiger partial charge in [0.25, 0.3) is 5.91 Å². The van der Waals surface area contributed by atoms with Gasteiger partial charge >= 0.3 is 0 Å². The summed E-state index contributed by atoms with van der Waals surface area (Å²) in [6, 6.07) is 8.66. The van der Waals surface area contributed by atoms with E-state index in [2.05, 4.69) is 10.2 Å². The van der Waals surface area contributed by atoms with Crippen molar-refractivity contribution in [2.45, 2.75) is 37.4 Å². The summed E-state index contributed by atoms with van der Waals surface area (Å²) >= 11 is 0. The molecule has 3 rings (SSSR count). The van der Waals surface area contributed by atoms with Crippen LogP contribution in [0, 0.1) is 0 Å². The van der Waals surface area contributed by atoms with Crippen LogP contribution >= 0.6 is 0 Å². The van der Waals surface area contributed by atoms with E-state index in [4.69, 9.17) is 0 Å². The van der Waals surface area contributed by atoms with Crippen molar-refractivity contribution < 1.29 is 9.18 Å². The molecule has 0 spiro atoms. The number of alkyl halides is 1. The van der Waals surface area contributed by atoms with Crippen LogP contribution < -0.4 is 5.32 Å². The maximum absolute atomic E-state index is 14.8. The smallest absolute Gasteiger partial charge is 0.262 e. The SMILES string of the molecule is CC(F)(C(=O)NC1(CN2CCC2)CC1)c1ccccc1. The zero-order chi connectivity index (χ0) is 14.2. The average Bonchev–Trinajstić information content (AvgIpc) is 3.15. The molecule has 1 saturated carbocycles. The summed E-state index contributed by atoms with van der Waals surface area (Å²) in [6.45, 7) is 4.41. The first-order valence-corrected chi connectivity index (χ1v) is 7.31. The van der Waals surface area contributed by atoms with Crippen molar-refractivity contribution in [1.29, 1.82) is 0 Å². The summed E-state index contributed by atoms with van der Waals surface area (Å²) < 4.78 is 14.8. The predicted molar refractivity (Wildman–Crippen MR) is 76.1 cm³/mol. The number of hydrogen-bond acceptors (Lipinski definition) is 2. The molecule has 20 heavy (non-hydrogen) atoms. The molecule has 1 N–H and O–H groups in total. The number of rotatable bonds is 5. The standard InChI is InChI=1S/C16H21FN2O/c1-15(17,13-6-3-2-4-7-13)14(20)18-16(8-9-16)12-19-10-5-11-19/h2-4,6-7H,5,8-12H2,1H3,(H,18,20). The fourth-order valence-corrected chi connectivity index (χ4v) is 2.68. The van der Waals surface area contributed by atoms with Gasteiger partial charge in [0.05, 0.1) is 5.54 Å². The van der Waals surface area contributed by atoms with E-state index in [-0.39, 0.29) is 5.54 Å². The molecule has 2 aliphatic rings. The molecule has 1 unspecified atom stereocenters. The van der Waals surface area contributed by atoms with E-state index in [1.165, 1.54) is 13.3 Å². The summed E-state index contributed by atoms with van der Waals surface area (Å²) in [4.78, 5) is 14.6. The Morgan fingerprint density at radius 3 is 2.50 bits per heavy atom. The van der Waals surface area contributed by atoms with E-state index < -0.39 is 11.6 Å². The van der Waals surface area contributed by atoms with Gasteiger partial charge in [-0.2, -0.15) is 0 Å². The lowest BCUT2D eigenvalue weighted by Gasteiger charge is -2.35. The van der Waals surface area contributed by atoms with Crippen molar-refractivity contribution in [3.63, 3.8) is 0 Å². The van der Waals surface area contributed by atoms with Crippen molar-refractivity contribution >= 4 is 5.91 Å². The summed E-state index contributed by atoms with van der Waals surface area (Å²) in [7, 11) is 0. The lowest BCUT2D eigenvalue weighted by atomic mass is 9.96. The number of benzene rings is 1. The number of amides is 1. The normalized spacial score (nSPS) is 23.5. The Balaban J connectivity index is 1.66. The first kappa shape index (κ1) is 13.6. The van der Waals surface area contributed by atoms with Crippen molar-refractivity contribution in [3.8, 4) is 0 Å². The number of halogens is 1. The lowest BCUT2D eigenvalue weighted by molar-refractivity contribution is -0.133. The van der Waals surface area contributed by atoms with Gasteiger partial charge in [-0.3, -0.25) is 4.79 Å². The van der Waals surface area contributed by atoms with Crippen molar-refractivity contribution in [2.24, 2.45) is 0 Å². The molecular formula is C16H21FN2O. The molecule has 0 radical (unpaired) electrons. The Bertz CT molecular complexity index is 492. The molecule has 1 aromatic carbocycles. The molecule has 3 nitrogen and oxygen atoms in total. The predicted octanol–water partition coefficient (Wildman–Crippen LogP) is 2.23. The van der Waals surface area contributed by atoms with Crippen LogP contribution in [-0.2, 0) is 10.5 Å². The van der Waals surface area contributed by atoms with Crippen molar-refractivity contribution in [1.82, 2.24) is 10.2 Å². The van der Waals surface area contributed by atoms with Crippen LogP contribution in [0.2, 0.25) is 0 Å². The average molecular weight is 276 g/mol. The third kappa shape index (κ3) is 2.57. The molecule has 2 fully saturated rings. The summed E-state index contributed by atoms with van der Waals surface area (Å²) in [5.41, 5.74) is -1.73. The number of carbonyl (C=O) groups excluding carboxylic acids is 1. The van der Waals surface area contributed by atoms with Crippen LogP contribution in [0.3, 0.4) is 0 Å². The highest BCUT2D eigenvalue weighted by molar-refractivity contribution is 5.87. The largest absolute Gasteiger partial charge is 0.346 e. The van der Waals surface area contributed by atoms with Gasteiger partial charge in [0.15, 0.2) is 0 Å². The summed E-state index contributed by atoms with van der Waals surface area (Å²) in [6.07, 6.45) is 3.15. The van der Waals surface area contributed by atoms with E-state index in [1.54, 1.807) is 24.3 Å². The van der Waals surface area contributed by atoms with Gasteiger partial charge in [-0.1, -0.05) is 30.3 Å². The minimum atomic E-state index is -1.97. The monoisotopic (exact) mass is 276 g/mol. The number of nitrogens with one attached hydrogen (secondary N) is 1. The van der Waals surface area contributed by atoms with E-state index in [0.29, 0.717) is 5.56 Å². The molecular weight excluding hydrogens is 255 g/mol. The fraction of sp³-hybridized carbons (Fsp3) is 0.562. The molecule has 1 atom stereocenters. The molecule has 0 bridgehead atoms. The van der Waals surface area contributed by atoms with Crippen LogP contribution in [0.4, 0.5) is 4.39 Å². The van der Waals surface area contributed by atoms with Crippen LogP contribution in [0.1, 0.15) is 31.7 Å². The van der Waals surface area contributed by atoms with Gasteiger partial charge < -0.3 is 10.2 Å². The minimum Gasteiger partial charge on any atom is -0.346 e. The van der Waals surface area contributed by atoms with E-state index in [1.807, 2.05) is 6.07 Å². The van der Waals surface area contributed by atoms with Gasteiger partial charge in [-0.05, 0) is 44.8 Å². The molecule has 1 heterocycles. The second-order valence-corrected chi connectivity index (χ2v) is 6.23. The van der Waals surface area contributed by atoms with Crippen LogP contribution in [0.15, 0.2) is 30.3 Å². The Kier molecular flexibility index (Phi) is 3.28. The molecule has 108 valence electrons. The summed E-state index contributed by atoms with van der Waals surface area (Å²) in [5.74, 6) is -0.512. The minimum absolute atomic E-state index is 0.181. The zero-order valence-corrected chi connectivity index (χ0v) is 11.9. The Hall–Kier alpha value is -1.42. The van der Waals surface area contributed by atoms with E-state index >= 15 is 0 Å². The molecule has 4 heteroatoms. The zero-order valence-electron chi connectivity index (χ0n) is 11.9. The number of hydrogen-bond donors (Lipinski definition) is 1. The number of nitrogens with zero attached hydrogens (tertiary/aromatic N) is 1. The van der Waals surface area contributed by atoms with Gasteiger partial charge in [0, 0.05) is 6.54 Å². The second kappa shape index (κ2) is 4.85. The van der Waals surface area contributed by atoms with E-state index in [0.717, 1.165) is 32.5 Å². The molecule has 1 amide bonds. The molecule has 1 saturated heterocycles. The highest BCUT2D eigenvalue weighted by Gasteiger charge is 2.49. The fourth-order valence-electron chi connectivity index (χ4n) is 2.68. The highest BCUT2D eigenvalue weighted by Crippen LogP contribution is 2.38.